The third-order valence-electron chi connectivity index (χ3n) is 13.9. The predicted octanol–water partition coefficient (Wildman–Crippen LogP) is 2.45. The number of hydrogen-bond acceptors (Lipinski definition) is 12. The van der Waals surface area contributed by atoms with Gasteiger partial charge in [0.25, 0.3) is 0 Å². The van der Waals surface area contributed by atoms with Crippen molar-refractivity contribution in [1.82, 2.24) is 0 Å². The smallest absolute Gasteiger partial charge is 0.187 e. The molecule has 2 saturated heterocycles. The molecule has 4 aliphatic carbocycles. The van der Waals surface area contributed by atoms with E-state index in [2.05, 4.69) is 33.8 Å². The van der Waals surface area contributed by atoms with Crippen LogP contribution in [-0.2, 0) is 23.7 Å². The largest absolute Gasteiger partial charge is 0.394 e. The van der Waals surface area contributed by atoms with E-state index >= 15 is 0 Å². The van der Waals surface area contributed by atoms with Crippen molar-refractivity contribution in [2.24, 2.45) is 34.5 Å². The van der Waals surface area contributed by atoms with Crippen molar-refractivity contribution in [3.63, 3.8) is 0 Å². The zero-order chi connectivity index (χ0) is 37.9. The van der Waals surface area contributed by atoms with Crippen molar-refractivity contribution in [2.45, 2.75) is 160 Å². The highest BCUT2D eigenvalue weighted by atomic mass is 16.8. The van der Waals surface area contributed by atoms with Gasteiger partial charge in [-0.15, -0.1) is 0 Å². The lowest BCUT2D eigenvalue weighted by Gasteiger charge is -2.57. The summed E-state index contributed by atoms with van der Waals surface area (Å²) in [4.78, 5) is 12.7. The number of fused-ring (bicyclic) bond motifs is 4. The van der Waals surface area contributed by atoms with Gasteiger partial charge in [0.2, 0.25) is 0 Å². The van der Waals surface area contributed by atoms with Crippen LogP contribution in [0.25, 0.3) is 0 Å². The van der Waals surface area contributed by atoms with E-state index in [0.717, 1.165) is 44.1 Å². The number of rotatable bonds is 10. The molecule has 0 aromatic rings. The van der Waals surface area contributed by atoms with Crippen LogP contribution < -0.4 is 0 Å². The van der Waals surface area contributed by atoms with Crippen molar-refractivity contribution < 1.29 is 59.5 Å². The fourth-order valence-corrected chi connectivity index (χ4v) is 11.0. The molecule has 2 heterocycles. The summed E-state index contributed by atoms with van der Waals surface area (Å²) in [5, 5.41) is 72.7. The molecular weight excluding hydrogens is 672 g/mol. The Morgan fingerprint density at radius 2 is 1.54 bits per heavy atom. The summed E-state index contributed by atoms with van der Waals surface area (Å²) in [7, 11) is 0. The van der Waals surface area contributed by atoms with Crippen molar-refractivity contribution in [3.05, 3.63) is 34.4 Å². The van der Waals surface area contributed by atoms with Crippen LogP contribution in [0.1, 0.15) is 92.9 Å². The molecule has 12 heteroatoms. The van der Waals surface area contributed by atoms with E-state index < -0.39 is 74.6 Å². The zero-order valence-corrected chi connectivity index (χ0v) is 31.6. The van der Waals surface area contributed by atoms with Crippen molar-refractivity contribution >= 4 is 5.78 Å². The summed E-state index contributed by atoms with van der Waals surface area (Å²) in [6.45, 7) is 12.0. The minimum absolute atomic E-state index is 0.0266. The number of carbonyl (C=O) groups is 1. The molecule has 2 aliphatic heterocycles. The van der Waals surface area contributed by atoms with Crippen LogP contribution in [0, 0.1) is 34.5 Å². The predicted molar refractivity (Wildman–Crippen MR) is 189 cm³/mol. The van der Waals surface area contributed by atoms with Crippen molar-refractivity contribution in [2.75, 3.05) is 13.2 Å². The van der Waals surface area contributed by atoms with E-state index in [4.69, 9.17) is 18.9 Å². The second-order valence-corrected chi connectivity index (χ2v) is 17.3. The second-order valence-electron chi connectivity index (χ2n) is 17.3. The van der Waals surface area contributed by atoms with Crippen molar-refractivity contribution in [3.8, 4) is 0 Å². The molecule has 0 bridgehead atoms. The molecule has 0 spiro atoms. The Bertz CT molecular complexity index is 1400. The number of carbonyl (C=O) groups excluding carboxylic acids is 1. The van der Waals surface area contributed by atoms with E-state index in [9.17, 15) is 40.5 Å². The number of aliphatic hydroxyl groups excluding tert-OH is 7. The molecule has 294 valence electrons. The Kier molecular flexibility index (Phi) is 12.0. The highest BCUT2D eigenvalue weighted by Gasteiger charge is 2.57. The molecule has 7 N–H and O–H groups in total. The van der Waals surface area contributed by atoms with Crippen LogP contribution in [0.4, 0.5) is 0 Å². The van der Waals surface area contributed by atoms with E-state index in [0.29, 0.717) is 30.6 Å². The average Bonchev–Trinajstić information content (AvgIpc) is 3.46. The number of aliphatic hydroxyl groups is 7. The van der Waals surface area contributed by atoms with Crippen LogP contribution in [-0.4, -0.2) is 122 Å². The monoisotopic (exact) mass is 734 g/mol. The normalized spacial score (nSPS) is 46.8. The molecule has 0 aromatic carbocycles. The van der Waals surface area contributed by atoms with Gasteiger partial charge in [-0.3, -0.25) is 4.79 Å². The van der Waals surface area contributed by atoms with Gasteiger partial charge in [0, 0.05) is 6.42 Å². The average molecular weight is 735 g/mol. The number of hydrogen-bond donors (Lipinski definition) is 7. The quantitative estimate of drug-likeness (QED) is 0.162. The van der Waals surface area contributed by atoms with Crippen LogP contribution in [0.2, 0.25) is 0 Å². The Hall–Kier alpha value is -1.55. The Morgan fingerprint density at radius 1 is 0.885 bits per heavy atom. The second kappa shape index (κ2) is 15.5. The SMILES string of the molecule is CC(C)=CC(=O)C[C@@H](C)[C@H]1CC=C2C3=C(CC[C@@]21C)[C@@]1(C)CC[C@H](O[C@@H]2O[C@H](CO)[C@H](O)[C@H](O)[C@H]2O[C@@H]2O[C@H](CO)[C@H](O)[C@H](O)[C@H]2O)[C@@H](C)[C@@H]1CC3. The summed E-state index contributed by atoms with van der Waals surface area (Å²) in [6, 6.07) is 0. The van der Waals surface area contributed by atoms with Gasteiger partial charge < -0.3 is 54.7 Å². The molecule has 1 saturated carbocycles. The van der Waals surface area contributed by atoms with Gasteiger partial charge in [0.05, 0.1) is 19.3 Å². The van der Waals surface area contributed by atoms with Crippen LogP contribution in [0.15, 0.2) is 34.4 Å². The topological polar surface area (TPSA) is 196 Å². The zero-order valence-electron chi connectivity index (χ0n) is 31.6. The third-order valence-corrected chi connectivity index (χ3v) is 13.9. The highest BCUT2D eigenvalue weighted by molar-refractivity contribution is 5.90. The summed E-state index contributed by atoms with van der Waals surface area (Å²) in [5.74, 6) is 1.34. The lowest BCUT2D eigenvalue weighted by molar-refractivity contribution is -0.374. The van der Waals surface area contributed by atoms with Gasteiger partial charge in [0.1, 0.15) is 48.8 Å². The number of ether oxygens (including phenoxy) is 4. The first-order valence-electron chi connectivity index (χ1n) is 19.4. The number of ketones is 1. The van der Waals surface area contributed by atoms with Crippen LogP contribution >= 0.6 is 0 Å². The lowest BCUT2D eigenvalue weighted by Crippen LogP contribution is -2.65. The van der Waals surface area contributed by atoms with Crippen LogP contribution in [0.3, 0.4) is 0 Å². The first-order chi connectivity index (χ1) is 24.5. The molecular formula is C40H62O12. The maximum atomic E-state index is 12.7. The lowest BCUT2D eigenvalue weighted by atomic mass is 9.49. The van der Waals surface area contributed by atoms with Crippen molar-refractivity contribution in [1.29, 1.82) is 0 Å². The van der Waals surface area contributed by atoms with Gasteiger partial charge in [-0.05, 0) is 111 Å². The molecule has 0 aromatic heterocycles. The van der Waals surface area contributed by atoms with E-state index in [1.807, 2.05) is 13.8 Å². The summed E-state index contributed by atoms with van der Waals surface area (Å²) >= 11 is 0. The minimum Gasteiger partial charge on any atom is -0.394 e. The molecule has 52 heavy (non-hydrogen) atoms. The van der Waals surface area contributed by atoms with Crippen LogP contribution in [0.5, 0.6) is 0 Å². The Labute approximate surface area is 307 Å². The molecule has 6 rings (SSSR count). The van der Waals surface area contributed by atoms with Gasteiger partial charge in [-0.2, -0.15) is 0 Å². The summed E-state index contributed by atoms with van der Waals surface area (Å²) < 4.78 is 24.1. The summed E-state index contributed by atoms with van der Waals surface area (Å²) in [6.07, 6.45) is -3.65. The molecule has 3 fully saturated rings. The third kappa shape index (κ3) is 7.04. The first kappa shape index (κ1) is 40.1. The molecule has 17 atom stereocenters. The Morgan fingerprint density at radius 3 is 2.19 bits per heavy atom. The molecule has 0 amide bonds. The van der Waals surface area contributed by atoms with E-state index in [-0.39, 0.29) is 28.6 Å². The van der Waals surface area contributed by atoms with Gasteiger partial charge >= 0.3 is 0 Å². The standard InChI is InChI=1S/C40H62O12/c1-19(2)15-22(43)16-20(3)24-9-10-26-23-7-8-25-21(4)28(12-14-40(25,6)27(23)11-13-39(24,26)5)49-38-36(34(47)32(45)30(18-42)51-38)52-37-35(48)33(46)31(44)29(17-41)50-37/h10,15,20-21,24-25,28-38,41-42,44-48H,7-9,11-14,16-18H2,1-6H3/t20-,21+,24-,25+,28+,29-,30-,31+,32+,33+,34+,35-,36-,37+,38-,39-,40+/m1/s1. The molecule has 0 radical (unpaired) electrons. The highest BCUT2D eigenvalue weighted by Crippen LogP contribution is 2.65. The van der Waals surface area contributed by atoms with Gasteiger partial charge in [-0.1, -0.05) is 44.9 Å². The molecule has 0 unspecified atom stereocenters. The van der Waals surface area contributed by atoms with E-state index in [1.165, 1.54) is 11.1 Å². The molecule has 6 aliphatic rings. The first-order valence-corrected chi connectivity index (χ1v) is 19.4. The molecule has 12 nitrogen and oxygen atoms in total. The summed E-state index contributed by atoms with van der Waals surface area (Å²) in [5.41, 5.74) is 5.65. The maximum Gasteiger partial charge on any atom is 0.187 e. The van der Waals surface area contributed by atoms with Gasteiger partial charge in [0.15, 0.2) is 18.4 Å². The fourth-order valence-electron chi connectivity index (χ4n) is 11.0. The maximum absolute atomic E-state index is 12.7. The minimum atomic E-state index is -1.73. The van der Waals surface area contributed by atoms with Gasteiger partial charge in [-0.25, -0.2) is 0 Å². The number of allylic oxidation sites excluding steroid dienone is 6. The fraction of sp³-hybridized carbons (Fsp3) is 0.825. The van der Waals surface area contributed by atoms with E-state index in [1.54, 1.807) is 11.6 Å². The Balaban J connectivity index is 1.18.